The third-order valence-electron chi connectivity index (χ3n) is 5.25. The molecule has 0 aliphatic rings. The number of halogens is 1. The van der Waals surface area contributed by atoms with E-state index in [1.54, 1.807) is 12.1 Å². The van der Waals surface area contributed by atoms with Gasteiger partial charge in [0.2, 0.25) is 5.89 Å². The molecule has 0 atom stereocenters. The standard InChI is InChI=1S/C26H25ClN2O3/c1-15(2)18-7-10-24-22(12-18)29-26(32-24)19-6-8-20(27)21(13-19)28-25(30)14-31-23-9-5-16(3)11-17(23)4/h5-13,15H,14H2,1-4H3,(H,28,30). The van der Waals surface area contributed by atoms with Gasteiger partial charge in [-0.1, -0.05) is 49.2 Å². The van der Waals surface area contributed by atoms with Gasteiger partial charge in [0.25, 0.3) is 5.91 Å². The summed E-state index contributed by atoms with van der Waals surface area (Å²) in [6, 6.07) is 17.1. The molecule has 3 aromatic carbocycles. The second-order valence-corrected chi connectivity index (χ2v) is 8.61. The third-order valence-corrected chi connectivity index (χ3v) is 5.58. The second-order valence-electron chi connectivity index (χ2n) is 8.20. The molecule has 6 heteroatoms. The van der Waals surface area contributed by atoms with Crippen LogP contribution in [0.1, 0.15) is 36.5 Å². The molecule has 1 aromatic heterocycles. The van der Waals surface area contributed by atoms with E-state index in [2.05, 4.69) is 24.1 Å². The van der Waals surface area contributed by atoms with E-state index in [0.29, 0.717) is 33.9 Å². The average Bonchev–Trinajstić information content (AvgIpc) is 3.18. The highest BCUT2D eigenvalue weighted by Gasteiger charge is 2.14. The number of ether oxygens (including phenoxy) is 1. The van der Waals surface area contributed by atoms with E-state index in [1.165, 1.54) is 5.56 Å². The van der Waals surface area contributed by atoms with E-state index in [4.69, 9.17) is 20.8 Å². The van der Waals surface area contributed by atoms with Crippen LogP contribution >= 0.6 is 11.6 Å². The fourth-order valence-electron chi connectivity index (χ4n) is 3.47. The minimum Gasteiger partial charge on any atom is -0.483 e. The quantitative estimate of drug-likeness (QED) is 0.348. The van der Waals surface area contributed by atoms with Gasteiger partial charge >= 0.3 is 0 Å². The summed E-state index contributed by atoms with van der Waals surface area (Å²) in [4.78, 5) is 17.1. The molecule has 4 aromatic rings. The van der Waals surface area contributed by atoms with Gasteiger partial charge in [0.15, 0.2) is 12.2 Å². The lowest BCUT2D eigenvalue weighted by Crippen LogP contribution is -2.20. The first-order valence-electron chi connectivity index (χ1n) is 10.5. The molecule has 1 heterocycles. The number of aryl methyl sites for hydroxylation is 2. The number of nitrogens with one attached hydrogen (secondary N) is 1. The zero-order chi connectivity index (χ0) is 22.8. The van der Waals surface area contributed by atoms with E-state index in [0.717, 1.165) is 22.2 Å². The molecule has 0 fully saturated rings. The Hall–Kier alpha value is -3.31. The van der Waals surface area contributed by atoms with Crippen LogP contribution in [0.25, 0.3) is 22.6 Å². The number of fused-ring (bicyclic) bond motifs is 1. The summed E-state index contributed by atoms with van der Waals surface area (Å²) < 4.78 is 11.6. The maximum atomic E-state index is 12.5. The number of aromatic nitrogens is 1. The minimum atomic E-state index is -0.303. The van der Waals surface area contributed by atoms with E-state index >= 15 is 0 Å². The van der Waals surface area contributed by atoms with Gasteiger partial charge in [-0.3, -0.25) is 4.79 Å². The van der Waals surface area contributed by atoms with Crippen LogP contribution in [0.5, 0.6) is 5.75 Å². The first kappa shape index (κ1) is 21.9. The van der Waals surface area contributed by atoms with Crippen LogP contribution in [0.3, 0.4) is 0 Å². The zero-order valence-electron chi connectivity index (χ0n) is 18.5. The summed E-state index contributed by atoms with van der Waals surface area (Å²) in [6.45, 7) is 8.12. The van der Waals surface area contributed by atoms with Crippen molar-refractivity contribution in [1.29, 1.82) is 0 Å². The Labute approximate surface area is 192 Å². The van der Waals surface area contributed by atoms with Crippen LogP contribution in [0.4, 0.5) is 5.69 Å². The summed E-state index contributed by atoms with van der Waals surface area (Å²) in [6.07, 6.45) is 0. The summed E-state index contributed by atoms with van der Waals surface area (Å²) in [7, 11) is 0. The summed E-state index contributed by atoms with van der Waals surface area (Å²) >= 11 is 6.32. The maximum Gasteiger partial charge on any atom is 0.262 e. The topological polar surface area (TPSA) is 64.4 Å². The molecule has 0 aliphatic carbocycles. The molecule has 5 nitrogen and oxygen atoms in total. The SMILES string of the molecule is Cc1ccc(OCC(=O)Nc2cc(-c3nc4cc(C(C)C)ccc4o3)ccc2Cl)c(C)c1. The number of nitrogens with zero attached hydrogens (tertiary/aromatic N) is 1. The van der Waals surface area contributed by atoms with E-state index < -0.39 is 0 Å². The van der Waals surface area contributed by atoms with Crippen molar-refractivity contribution in [2.24, 2.45) is 0 Å². The fourth-order valence-corrected chi connectivity index (χ4v) is 3.64. The van der Waals surface area contributed by atoms with E-state index in [9.17, 15) is 4.79 Å². The van der Waals surface area contributed by atoms with Crippen molar-refractivity contribution in [3.8, 4) is 17.2 Å². The molecule has 1 N–H and O–H groups in total. The molecular formula is C26H25ClN2O3. The predicted octanol–water partition coefficient (Wildman–Crippen LogP) is 6.91. The number of benzene rings is 3. The highest BCUT2D eigenvalue weighted by molar-refractivity contribution is 6.33. The van der Waals surface area contributed by atoms with Crippen LogP contribution in [-0.2, 0) is 4.79 Å². The number of carbonyl (C=O) groups excluding carboxylic acids is 1. The average molecular weight is 449 g/mol. The predicted molar refractivity (Wildman–Crippen MR) is 129 cm³/mol. The van der Waals surface area contributed by atoms with Gasteiger partial charge in [0, 0.05) is 5.56 Å². The van der Waals surface area contributed by atoms with Crippen LogP contribution in [0.15, 0.2) is 59.0 Å². The molecule has 0 spiro atoms. The van der Waals surface area contributed by atoms with Crippen molar-refractivity contribution >= 4 is 34.3 Å². The molecule has 0 saturated heterocycles. The first-order valence-corrected chi connectivity index (χ1v) is 10.9. The number of oxazole rings is 1. The minimum absolute atomic E-state index is 0.120. The van der Waals surface area contributed by atoms with Crippen LogP contribution in [-0.4, -0.2) is 17.5 Å². The molecule has 164 valence electrons. The molecule has 0 bridgehead atoms. The number of rotatable bonds is 6. The van der Waals surface area contributed by atoms with Crippen molar-refractivity contribution in [3.05, 3.63) is 76.3 Å². The highest BCUT2D eigenvalue weighted by atomic mass is 35.5. The highest BCUT2D eigenvalue weighted by Crippen LogP contribution is 2.31. The Morgan fingerprint density at radius 1 is 1.09 bits per heavy atom. The molecule has 4 rings (SSSR count). The van der Waals surface area contributed by atoms with E-state index in [-0.39, 0.29) is 12.5 Å². The largest absolute Gasteiger partial charge is 0.483 e. The van der Waals surface area contributed by atoms with Crippen molar-refractivity contribution in [1.82, 2.24) is 4.98 Å². The summed E-state index contributed by atoms with van der Waals surface area (Å²) in [5, 5.41) is 3.24. The van der Waals surface area contributed by atoms with Crippen LogP contribution in [0, 0.1) is 13.8 Å². The Bertz CT molecular complexity index is 1290. The maximum absolute atomic E-state index is 12.5. The lowest BCUT2D eigenvalue weighted by molar-refractivity contribution is -0.118. The lowest BCUT2D eigenvalue weighted by Gasteiger charge is -2.11. The zero-order valence-corrected chi connectivity index (χ0v) is 19.3. The summed E-state index contributed by atoms with van der Waals surface area (Å²) in [5.74, 6) is 1.25. The number of carbonyl (C=O) groups is 1. The Morgan fingerprint density at radius 2 is 1.91 bits per heavy atom. The van der Waals surface area contributed by atoms with Gasteiger partial charge in [-0.2, -0.15) is 0 Å². The number of amides is 1. The smallest absolute Gasteiger partial charge is 0.262 e. The van der Waals surface area contributed by atoms with Gasteiger partial charge in [0.1, 0.15) is 11.3 Å². The van der Waals surface area contributed by atoms with E-state index in [1.807, 2.05) is 56.3 Å². The van der Waals surface area contributed by atoms with Crippen molar-refractivity contribution < 1.29 is 13.9 Å². The third kappa shape index (κ3) is 4.78. The van der Waals surface area contributed by atoms with Crippen LogP contribution < -0.4 is 10.1 Å². The number of hydrogen-bond acceptors (Lipinski definition) is 4. The van der Waals surface area contributed by atoms with Gasteiger partial charge < -0.3 is 14.5 Å². The summed E-state index contributed by atoms with van der Waals surface area (Å²) in [5.41, 5.74) is 6.04. The Morgan fingerprint density at radius 3 is 2.66 bits per heavy atom. The van der Waals surface area contributed by atoms with Crippen molar-refractivity contribution in [2.45, 2.75) is 33.6 Å². The Balaban J connectivity index is 1.51. The van der Waals surface area contributed by atoms with Gasteiger partial charge in [-0.05, 0) is 67.3 Å². The molecule has 0 radical (unpaired) electrons. The number of anilines is 1. The molecule has 32 heavy (non-hydrogen) atoms. The molecule has 0 unspecified atom stereocenters. The molecule has 0 aliphatic heterocycles. The van der Waals surface area contributed by atoms with Crippen molar-refractivity contribution in [2.75, 3.05) is 11.9 Å². The monoisotopic (exact) mass is 448 g/mol. The fraction of sp³-hybridized carbons (Fsp3) is 0.231. The molecular weight excluding hydrogens is 424 g/mol. The lowest BCUT2D eigenvalue weighted by atomic mass is 10.0. The van der Waals surface area contributed by atoms with Gasteiger partial charge in [0.05, 0.1) is 10.7 Å². The van der Waals surface area contributed by atoms with Crippen molar-refractivity contribution in [3.63, 3.8) is 0 Å². The molecule has 1 amide bonds. The van der Waals surface area contributed by atoms with Gasteiger partial charge in [-0.15, -0.1) is 0 Å². The van der Waals surface area contributed by atoms with Gasteiger partial charge in [-0.25, -0.2) is 4.98 Å². The normalized spacial score (nSPS) is 11.2. The second kappa shape index (κ2) is 9.05. The Kier molecular flexibility index (Phi) is 6.19. The first-order chi connectivity index (χ1) is 15.3. The molecule has 0 saturated carbocycles. The number of hydrogen-bond donors (Lipinski definition) is 1. The van der Waals surface area contributed by atoms with Crippen LogP contribution in [0.2, 0.25) is 5.02 Å².